The van der Waals surface area contributed by atoms with Crippen molar-refractivity contribution in [2.24, 2.45) is 0 Å². The minimum absolute atomic E-state index is 0.166. The number of halogens is 1. The van der Waals surface area contributed by atoms with Crippen molar-refractivity contribution in [2.45, 2.75) is 6.54 Å². The lowest BCUT2D eigenvalue weighted by Gasteiger charge is -2.07. The quantitative estimate of drug-likeness (QED) is 0.854. The third kappa shape index (κ3) is 4.08. The second kappa shape index (κ2) is 7.25. The molecule has 0 atom stereocenters. The Kier molecular flexibility index (Phi) is 5.12. The molecule has 110 valence electrons. The Morgan fingerprint density at radius 2 is 1.73 bits per heavy atom. The SMILES string of the molecule is N#Cc1ccc(NC(=O)C(=O)NCc2ccccc2Cl)cc1. The topological polar surface area (TPSA) is 82.0 Å². The largest absolute Gasteiger partial charge is 0.344 e. The van der Waals surface area contributed by atoms with Gasteiger partial charge in [-0.05, 0) is 35.9 Å². The van der Waals surface area contributed by atoms with Crippen molar-refractivity contribution in [3.8, 4) is 6.07 Å². The molecule has 0 aliphatic carbocycles. The first-order valence-electron chi connectivity index (χ1n) is 6.43. The number of amides is 2. The maximum absolute atomic E-state index is 11.8. The molecule has 6 heteroatoms. The van der Waals surface area contributed by atoms with Crippen molar-refractivity contribution in [3.63, 3.8) is 0 Å². The van der Waals surface area contributed by atoms with E-state index in [0.717, 1.165) is 5.56 Å². The molecule has 0 heterocycles. The molecule has 0 radical (unpaired) electrons. The second-order valence-corrected chi connectivity index (χ2v) is 4.82. The molecular weight excluding hydrogens is 302 g/mol. The fraction of sp³-hybridized carbons (Fsp3) is 0.0625. The van der Waals surface area contributed by atoms with Gasteiger partial charge in [-0.15, -0.1) is 0 Å². The van der Waals surface area contributed by atoms with Crippen LogP contribution >= 0.6 is 11.6 Å². The molecule has 22 heavy (non-hydrogen) atoms. The van der Waals surface area contributed by atoms with E-state index in [1.54, 1.807) is 48.5 Å². The van der Waals surface area contributed by atoms with Gasteiger partial charge in [0.2, 0.25) is 0 Å². The Morgan fingerprint density at radius 3 is 2.36 bits per heavy atom. The van der Waals surface area contributed by atoms with Crippen molar-refractivity contribution in [1.82, 2.24) is 5.32 Å². The summed E-state index contributed by atoms with van der Waals surface area (Å²) in [6.45, 7) is 0.166. The number of carbonyl (C=O) groups excluding carboxylic acids is 2. The fourth-order valence-electron chi connectivity index (χ4n) is 1.71. The first-order chi connectivity index (χ1) is 10.6. The van der Waals surface area contributed by atoms with Gasteiger partial charge < -0.3 is 10.6 Å². The summed E-state index contributed by atoms with van der Waals surface area (Å²) in [5, 5.41) is 14.2. The summed E-state index contributed by atoms with van der Waals surface area (Å²) in [5.41, 5.74) is 1.64. The first kappa shape index (κ1) is 15.5. The van der Waals surface area contributed by atoms with E-state index in [1.165, 1.54) is 0 Å². The van der Waals surface area contributed by atoms with E-state index < -0.39 is 11.8 Å². The van der Waals surface area contributed by atoms with E-state index in [4.69, 9.17) is 16.9 Å². The summed E-state index contributed by atoms with van der Waals surface area (Å²) in [7, 11) is 0. The van der Waals surface area contributed by atoms with Gasteiger partial charge in [-0.3, -0.25) is 9.59 Å². The number of carbonyl (C=O) groups is 2. The molecule has 0 saturated carbocycles. The number of nitriles is 1. The van der Waals surface area contributed by atoms with Crippen LogP contribution in [-0.4, -0.2) is 11.8 Å². The van der Waals surface area contributed by atoms with E-state index in [2.05, 4.69) is 10.6 Å². The van der Waals surface area contributed by atoms with Crippen LogP contribution in [0.3, 0.4) is 0 Å². The lowest BCUT2D eigenvalue weighted by Crippen LogP contribution is -2.35. The van der Waals surface area contributed by atoms with Crippen LogP contribution in [0.25, 0.3) is 0 Å². The molecule has 0 aromatic heterocycles. The number of anilines is 1. The van der Waals surface area contributed by atoms with Gasteiger partial charge in [-0.1, -0.05) is 29.8 Å². The summed E-state index contributed by atoms with van der Waals surface area (Å²) in [6.07, 6.45) is 0. The van der Waals surface area contributed by atoms with Gasteiger partial charge in [0.1, 0.15) is 0 Å². The Balaban J connectivity index is 1.91. The molecule has 2 N–H and O–H groups in total. The van der Waals surface area contributed by atoms with Crippen molar-refractivity contribution in [1.29, 1.82) is 5.26 Å². The number of nitrogens with one attached hydrogen (secondary N) is 2. The monoisotopic (exact) mass is 313 g/mol. The molecule has 2 aromatic carbocycles. The molecular formula is C16H12ClN3O2. The Hall–Kier alpha value is -2.84. The van der Waals surface area contributed by atoms with Crippen molar-refractivity contribution in [2.75, 3.05) is 5.32 Å². The van der Waals surface area contributed by atoms with E-state index in [9.17, 15) is 9.59 Å². The highest BCUT2D eigenvalue weighted by Gasteiger charge is 2.13. The number of rotatable bonds is 3. The zero-order valence-corrected chi connectivity index (χ0v) is 12.2. The van der Waals surface area contributed by atoms with Crippen LogP contribution in [0.15, 0.2) is 48.5 Å². The van der Waals surface area contributed by atoms with Crippen LogP contribution in [0.4, 0.5) is 5.69 Å². The van der Waals surface area contributed by atoms with Gasteiger partial charge in [0.15, 0.2) is 0 Å². The molecule has 2 rings (SSSR count). The summed E-state index contributed by atoms with van der Waals surface area (Å²) >= 11 is 5.97. The third-order valence-electron chi connectivity index (χ3n) is 2.88. The van der Waals surface area contributed by atoms with Gasteiger partial charge in [0.25, 0.3) is 0 Å². The lowest BCUT2D eigenvalue weighted by molar-refractivity contribution is -0.136. The van der Waals surface area contributed by atoms with Gasteiger partial charge in [-0.2, -0.15) is 5.26 Å². The van der Waals surface area contributed by atoms with Crippen LogP contribution in [0.1, 0.15) is 11.1 Å². The van der Waals surface area contributed by atoms with Crippen LogP contribution in [0.2, 0.25) is 5.02 Å². The predicted molar refractivity (Wildman–Crippen MR) is 83.1 cm³/mol. The fourth-order valence-corrected chi connectivity index (χ4v) is 1.92. The molecule has 2 aromatic rings. The summed E-state index contributed by atoms with van der Waals surface area (Å²) < 4.78 is 0. The standard InChI is InChI=1S/C16H12ClN3O2/c17-14-4-2-1-3-12(14)10-19-15(21)16(22)20-13-7-5-11(9-18)6-8-13/h1-8H,10H2,(H,19,21)(H,20,22). The first-order valence-corrected chi connectivity index (χ1v) is 6.80. The number of nitrogens with zero attached hydrogens (tertiary/aromatic N) is 1. The normalized spacial score (nSPS) is 9.64. The van der Waals surface area contributed by atoms with Gasteiger partial charge >= 0.3 is 11.8 Å². The Morgan fingerprint density at radius 1 is 1.05 bits per heavy atom. The summed E-state index contributed by atoms with van der Waals surface area (Å²) in [5.74, 6) is -1.54. The molecule has 5 nitrogen and oxygen atoms in total. The minimum Gasteiger partial charge on any atom is -0.344 e. The highest BCUT2D eigenvalue weighted by molar-refractivity contribution is 6.39. The highest BCUT2D eigenvalue weighted by Crippen LogP contribution is 2.14. The lowest BCUT2D eigenvalue weighted by atomic mass is 10.2. The van der Waals surface area contributed by atoms with Gasteiger partial charge in [-0.25, -0.2) is 0 Å². The van der Waals surface area contributed by atoms with Crippen molar-refractivity contribution < 1.29 is 9.59 Å². The smallest absolute Gasteiger partial charge is 0.313 e. The molecule has 2 amide bonds. The van der Waals surface area contributed by atoms with E-state index in [-0.39, 0.29) is 6.54 Å². The number of hydrogen-bond acceptors (Lipinski definition) is 3. The van der Waals surface area contributed by atoms with Crippen molar-refractivity contribution in [3.05, 3.63) is 64.7 Å². The molecule has 0 saturated heterocycles. The highest BCUT2D eigenvalue weighted by atomic mass is 35.5. The van der Waals surface area contributed by atoms with E-state index in [0.29, 0.717) is 16.3 Å². The van der Waals surface area contributed by atoms with E-state index in [1.807, 2.05) is 6.07 Å². The average Bonchev–Trinajstić information content (AvgIpc) is 2.54. The zero-order chi connectivity index (χ0) is 15.9. The molecule has 0 fully saturated rings. The van der Waals surface area contributed by atoms with Gasteiger partial charge in [0.05, 0.1) is 11.6 Å². The molecule has 0 bridgehead atoms. The third-order valence-corrected chi connectivity index (χ3v) is 3.24. The van der Waals surface area contributed by atoms with Crippen LogP contribution in [0.5, 0.6) is 0 Å². The average molecular weight is 314 g/mol. The zero-order valence-electron chi connectivity index (χ0n) is 11.5. The van der Waals surface area contributed by atoms with Crippen LogP contribution in [0, 0.1) is 11.3 Å². The summed E-state index contributed by atoms with van der Waals surface area (Å²) in [4.78, 5) is 23.5. The molecule has 0 spiro atoms. The summed E-state index contributed by atoms with van der Waals surface area (Å²) in [6, 6.07) is 15.2. The van der Waals surface area contributed by atoms with E-state index >= 15 is 0 Å². The van der Waals surface area contributed by atoms with Crippen LogP contribution in [-0.2, 0) is 16.1 Å². The van der Waals surface area contributed by atoms with Crippen molar-refractivity contribution >= 4 is 29.1 Å². The molecule has 0 aliphatic rings. The Labute approximate surface area is 132 Å². The van der Waals surface area contributed by atoms with Crippen LogP contribution < -0.4 is 10.6 Å². The number of hydrogen-bond donors (Lipinski definition) is 2. The Bertz CT molecular complexity index is 736. The van der Waals surface area contributed by atoms with Gasteiger partial charge in [0, 0.05) is 17.3 Å². The number of benzene rings is 2. The predicted octanol–water partition coefficient (Wildman–Crippen LogP) is 2.47. The molecule has 0 aliphatic heterocycles. The second-order valence-electron chi connectivity index (χ2n) is 4.42. The molecule has 0 unspecified atom stereocenters. The maximum Gasteiger partial charge on any atom is 0.313 e. The maximum atomic E-state index is 11.8. The minimum atomic E-state index is -0.781.